The van der Waals surface area contributed by atoms with Gasteiger partial charge in [0.2, 0.25) is 5.91 Å². The summed E-state index contributed by atoms with van der Waals surface area (Å²) < 4.78 is 6.07. The first-order valence-electron chi connectivity index (χ1n) is 8.60. The van der Waals surface area contributed by atoms with Crippen LogP contribution in [0.1, 0.15) is 17.7 Å². The number of carbonyl (C=O) groups excluding carboxylic acids is 1. The lowest BCUT2D eigenvalue weighted by molar-refractivity contribution is -0.134. The van der Waals surface area contributed by atoms with Gasteiger partial charge in [-0.25, -0.2) is 0 Å². The zero-order valence-corrected chi connectivity index (χ0v) is 14.2. The van der Waals surface area contributed by atoms with Crippen molar-refractivity contribution in [3.8, 4) is 0 Å². The van der Waals surface area contributed by atoms with E-state index in [4.69, 9.17) is 4.74 Å². The monoisotopic (exact) mass is 332 g/mol. The Balaban J connectivity index is 1.37. The number of likely N-dealkylation sites (tertiary alicyclic amines) is 1. The molecule has 3 heterocycles. The van der Waals surface area contributed by atoms with Gasteiger partial charge in [-0.15, -0.1) is 11.3 Å². The molecule has 0 N–H and O–H groups in total. The third kappa shape index (κ3) is 3.37. The number of fused-ring (bicyclic) bond motifs is 1. The van der Waals surface area contributed by atoms with E-state index in [1.165, 1.54) is 4.88 Å². The molecule has 124 valence electrons. The van der Waals surface area contributed by atoms with E-state index < -0.39 is 0 Å². The minimum Gasteiger partial charge on any atom is -0.375 e. The number of nitrogens with zero attached hydrogens (tertiary/aromatic N) is 2. The lowest BCUT2D eigenvalue weighted by Gasteiger charge is -2.24. The molecule has 2 saturated heterocycles. The summed E-state index contributed by atoms with van der Waals surface area (Å²) in [7, 11) is 0. The molecular formula is C18H24N2O2S. The molecular weight excluding hydrogens is 308 g/mol. The maximum Gasteiger partial charge on any atom is 0.226 e. The van der Waals surface area contributed by atoms with E-state index in [9.17, 15) is 4.79 Å². The normalized spacial score (nSPS) is 29.0. The van der Waals surface area contributed by atoms with Crippen LogP contribution in [-0.4, -0.2) is 54.6 Å². The fourth-order valence-corrected chi connectivity index (χ4v) is 4.73. The van der Waals surface area contributed by atoms with E-state index in [0.29, 0.717) is 11.8 Å². The minimum atomic E-state index is 0.180. The van der Waals surface area contributed by atoms with Crippen molar-refractivity contribution in [2.45, 2.75) is 25.5 Å². The molecule has 1 aromatic heterocycles. The fraction of sp³-hybridized carbons (Fsp3) is 0.611. The highest BCUT2D eigenvalue weighted by Crippen LogP contribution is 2.28. The molecule has 4 rings (SSSR count). The van der Waals surface area contributed by atoms with Crippen molar-refractivity contribution in [2.75, 3.05) is 32.8 Å². The van der Waals surface area contributed by atoms with Gasteiger partial charge in [0.1, 0.15) is 0 Å². The largest absolute Gasteiger partial charge is 0.375 e. The van der Waals surface area contributed by atoms with Crippen LogP contribution in [0.15, 0.2) is 29.7 Å². The summed E-state index contributed by atoms with van der Waals surface area (Å²) in [6, 6.07) is 4.31. The maximum atomic E-state index is 12.6. The number of thiophene rings is 1. The highest BCUT2D eigenvalue weighted by Gasteiger charge is 2.40. The number of rotatable bonds is 3. The first-order chi connectivity index (χ1) is 11.3. The second-order valence-electron chi connectivity index (χ2n) is 6.87. The predicted octanol–water partition coefficient (Wildman–Crippen LogP) is 2.37. The van der Waals surface area contributed by atoms with Crippen molar-refractivity contribution in [1.29, 1.82) is 0 Å². The second kappa shape index (κ2) is 6.75. The first-order valence-corrected chi connectivity index (χ1v) is 9.47. The third-order valence-electron chi connectivity index (χ3n) is 5.24. The Bertz CT molecular complexity index is 564. The van der Waals surface area contributed by atoms with E-state index in [1.807, 2.05) is 11.3 Å². The number of ether oxygens (including phenoxy) is 1. The summed E-state index contributed by atoms with van der Waals surface area (Å²) in [5, 5.41) is 2.14. The van der Waals surface area contributed by atoms with Crippen LogP contribution in [0.25, 0.3) is 0 Å². The molecule has 2 atom stereocenters. The summed E-state index contributed by atoms with van der Waals surface area (Å²) in [6.45, 7) is 5.46. The van der Waals surface area contributed by atoms with Crippen molar-refractivity contribution in [3.05, 3.63) is 34.5 Å². The molecule has 0 aromatic carbocycles. The quantitative estimate of drug-likeness (QED) is 0.797. The molecule has 0 radical (unpaired) electrons. The molecule has 5 heteroatoms. The van der Waals surface area contributed by atoms with Crippen molar-refractivity contribution in [1.82, 2.24) is 9.80 Å². The zero-order valence-electron chi connectivity index (χ0n) is 13.4. The molecule has 23 heavy (non-hydrogen) atoms. The van der Waals surface area contributed by atoms with Crippen LogP contribution in [0.4, 0.5) is 0 Å². The average molecular weight is 332 g/mol. The molecule has 0 saturated carbocycles. The van der Waals surface area contributed by atoms with E-state index in [2.05, 4.69) is 39.5 Å². The van der Waals surface area contributed by atoms with Crippen molar-refractivity contribution >= 4 is 17.2 Å². The Morgan fingerprint density at radius 3 is 2.91 bits per heavy atom. The third-order valence-corrected chi connectivity index (χ3v) is 6.10. The minimum absolute atomic E-state index is 0.180. The summed E-state index contributed by atoms with van der Waals surface area (Å²) in [6.07, 6.45) is 6.32. The number of hydrogen-bond donors (Lipinski definition) is 0. The zero-order chi connectivity index (χ0) is 15.6. The van der Waals surface area contributed by atoms with Crippen LogP contribution in [0.2, 0.25) is 0 Å². The van der Waals surface area contributed by atoms with Gasteiger partial charge in [-0.3, -0.25) is 9.69 Å². The van der Waals surface area contributed by atoms with Crippen LogP contribution in [0.5, 0.6) is 0 Å². The summed E-state index contributed by atoms with van der Waals surface area (Å²) in [4.78, 5) is 18.6. The molecule has 2 fully saturated rings. The Kier molecular flexibility index (Phi) is 4.51. The molecule has 0 spiro atoms. The number of hydrogen-bond acceptors (Lipinski definition) is 4. The van der Waals surface area contributed by atoms with E-state index in [-0.39, 0.29) is 12.0 Å². The molecule has 1 aromatic rings. The average Bonchev–Trinajstić information content (AvgIpc) is 3.28. The van der Waals surface area contributed by atoms with E-state index >= 15 is 0 Å². The van der Waals surface area contributed by atoms with Crippen LogP contribution in [0.3, 0.4) is 0 Å². The molecule has 0 unspecified atom stereocenters. The van der Waals surface area contributed by atoms with Crippen LogP contribution in [0, 0.1) is 11.8 Å². The van der Waals surface area contributed by atoms with Gasteiger partial charge >= 0.3 is 0 Å². The SMILES string of the molecule is O=C(C1CC=CC1)N1C[C@@H]2CN(Cc3cccs3)CCO[C@@H]2C1. The highest BCUT2D eigenvalue weighted by atomic mass is 32.1. The highest BCUT2D eigenvalue weighted by molar-refractivity contribution is 7.09. The van der Waals surface area contributed by atoms with Gasteiger partial charge in [-0.2, -0.15) is 0 Å². The molecule has 1 amide bonds. The van der Waals surface area contributed by atoms with Crippen LogP contribution in [-0.2, 0) is 16.1 Å². The van der Waals surface area contributed by atoms with Gasteiger partial charge < -0.3 is 9.64 Å². The molecule has 3 aliphatic rings. The summed E-state index contributed by atoms with van der Waals surface area (Å²) in [5.41, 5.74) is 0. The second-order valence-corrected chi connectivity index (χ2v) is 7.90. The molecule has 1 aliphatic carbocycles. The smallest absolute Gasteiger partial charge is 0.226 e. The van der Waals surface area contributed by atoms with Crippen LogP contribution >= 0.6 is 11.3 Å². The topological polar surface area (TPSA) is 32.8 Å². The van der Waals surface area contributed by atoms with E-state index in [0.717, 1.165) is 52.2 Å². The predicted molar refractivity (Wildman–Crippen MR) is 91.3 cm³/mol. The number of allylic oxidation sites excluding steroid dienone is 2. The summed E-state index contributed by atoms with van der Waals surface area (Å²) in [5.74, 6) is 0.965. The Morgan fingerprint density at radius 2 is 2.13 bits per heavy atom. The summed E-state index contributed by atoms with van der Waals surface area (Å²) >= 11 is 1.82. The Labute approximate surface area is 141 Å². The van der Waals surface area contributed by atoms with Gasteiger partial charge in [0.25, 0.3) is 0 Å². The van der Waals surface area contributed by atoms with Gasteiger partial charge in [-0.1, -0.05) is 18.2 Å². The Hall–Kier alpha value is -1.17. The molecule has 0 bridgehead atoms. The Morgan fingerprint density at radius 1 is 1.26 bits per heavy atom. The molecule has 4 nitrogen and oxygen atoms in total. The fourth-order valence-electron chi connectivity index (χ4n) is 3.99. The standard InChI is InChI=1S/C18H24N2O2S/c21-18(14-4-1-2-5-14)20-11-15-10-19(7-8-22-17(15)13-20)12-16-6-3-9-23-16/h1-3,6,9,14-15,17H,4-5,7-8,10-13H2/t15-,17+/m0/s1. The van der Waals surface area contributed by atoms with Gasteiger partial charge in [0.05, 0.1) is 12.7 Å². The maximum absolute atomic E-state index is 12.6. The number of carbonyl (C=O) groups is 1. The van der Waals surface area contributed by atoms with Crippen molar-refractivity contribution in [2.24, 2.45) is 11.8 Å². The molecule has 2 aliphatic heterocycles. The van der Waals surface area contributed by atoms with Gasteiger partial charge in [0, 0.05) is 49.4 Å². The first kappa shape index (κ1) is 15.4. The van der Waals surface area contributed by atoms with E-state index in [1.54, 1.807) is 0 Å². The number of amides is 1. The van der Waals surface area contributed by atoms with Gasteiger partial charge in [0.15, 0.2) is 0 Å². The van der Waals surface area contributed by atoms with Crippen molar-refractivity contribution < 1.29 is 9.53 Å². The lowest BCUT2D eigenvalue weighted by atomic mass is 10.1. The lowest BCUT2D eigenvalue weighted by Crippen LogP contribution is -2.36. The van der Waals surface area contributed by atoms with Crippen LogP contribution < -0.4 is 0 Å². The van der Waals surface area contributed by atoms with Crippen molar-refractivity contribution in [3.63, 3.8) is 0 Å². The van der Waals surface area contributed by atoms with Gasteiger partial charge in [-0.05, 0) is 24.3 Å².